The molecule has 0 heterocycles. The normalized spacial score (nSPS) is 22.7. The average Bonchev–Trinajstić information content (AvgIpc) is 2.13. The van der Waals surface area contributed by atoms with Gasteiger partial charge in [-0.3, -0.25) is 0 Å². The van der Waals surface area contributed by atoms with E-state index in [1.54, 1.807) is 0 Å². The van der Waals surface area contributed by atoms with Crippen LogP contribution >= 0.6 is 12.6 Å². The maximum absolute atomic E-state index is 4.94. The Labute approximate surface area is 95.3 Å². The van der Waals surface area contributed by atoms with Gasteiger partial charge in [-0.15, -0.1) is 0 Å². The fraction of sp³-hybridized carbons (Fsp3) is 1.00. The summed E-state index contributed by atoms with van der Waals surface area (Å²) < 4.78 is 0.398. The topological polar surface area (TPSA) is 0 Å². The van der Waals surface area contributed by atoms with E-state index in [-0.39, 0.29) is 0 Å². The molecule has 0 nitrogen and oxygen atoms in total. The van der Waals surface area contributed by atoms with Crippen LogP contribution in [0.2, 0.25) is 0 Å². The van der Waals surface area contributed by atoms with Crippen molar-refractivity contribution >= 4 is 12.6 Å². The predicted octanol–water partition coefficient (Wildman–Crippen LogP) is 4.98. The van der Waals surface area contributed by atoms with Crippen LogP contribution in [0.5, 0.6) is 0 Å². The van der Waals surface area contributed by atoms with Gasteiger partial charge in [-0.2, -0.15) is 12.6 Å². The molecule has 14 heavy (non-hydrogen) atoms. The molecule has 0 unspecified atom stereocenters. The largest absolute Gasteiger partial charge is 0.173 e. The van der Waals surface area contributed by atoms with Gasteiger partial charge in [-0.1, -0.05) is 58.3 Å². The lowest BCUT2D eigenvalue weighted by molar-refractivity contribution is 0.387. The van der Waals surface area contributed by atoms with E-state index in [2.05, 4.69) is 6.92 Å². The van der Waals surface area contributed by atoms with E-state index in [0.29, 0.717) is 4.75 Å². The van der Waals surface area contributed by atoms with Crippen LogP contribution in [0.4, 0.5) is 0 Å². The molecule has 1 heteroatoms. The zero-order chi connectivity index (χ0) is 10.3. The van der Waals surface area contributed by atoms with Gasteiger partial charge in [0.05, 0.1) is 0 Å². The highest BCUT2D eigenvalue weighted by atomic mass is 32.1. The second-order valence-corrected chi connectivity index (χ2v) is 5.90. The summed E-state index contributed by atoms with van der Waals surface area (Å²) in [6.45, 7) is 2.28. The third-order valence-corrected chi connectivity index (χ3v) is 4.20. The zero-order valence-corrected chi connectivity index (χ0v) is 10.6. The maximum Gasteiger partial charge on any atom is 0.0130 e. The van der Waals surface area contributed by atoms with Gasteiger partial charge in [-0.05, 0) is 19.3 Å². The molecule has 0 bridgehead atoms. The summed E-state index contributed by atoms with van der Waals surface area (Å²) in [5.41, 5.74) is 0. The first-order valence-electron chi connectivity index (χ1n) is 6.49. The van der Waals surface area contributed by atoms with E-state index >= 15 is 0 Å². The SMILES string of the molecule is CCCCCC1(S)CCCCCCC1. The Kier molecular flexibility index (Phi) is 6.00. The van der Waals surface area contributed by atoms with Crippen molar-refractivity contribution in [1.82, 2.24) is 0 Å². The first kappa shape index (κ1) is 12.4. The molecule has 0 spiro atoms. The molecule has 0 aromatic heterocycles. The highest BCUT2D eigenvalue weighted by Crippen LogP contribution is 2.36. The van der Waals surface area contributed by atoms with Crippen molar-refractivity contribution < 1.29 is 0 Å². The van der Waals surface area contributed by atoms with Crippen molar-refractivity contribution in [3.8, 4) is 0 Å². The lowest BCUT2D eigenvalue weighted by atomic mass is 9.86. The Bertz CT molecular complexity index is 134. The Balaban J connectivity index is 2.27. The summed E-state index contributed by atoms with van der Waals surface area (Å²) in [5, 5.41) is 0. The van der Waals surface area contributed by atoms with Crippen molar-refractivity contribution in [2.75, 3.05) is 0 Å². The molecule has 0 aliphatic heterocycles. The molecule has 0 radical (unpaired) electrons. The standard InChI is InChI=1S/C13H26S/c1-2-3-7-10-13(14)11-8-5-4-6-9-12-13/h14H,2-12H2,1H3. The minimum Gasteiger partial charge on any atom is -0.173 e. The number of unbranched alkanes of at least 4 members (excludes halogenated alkanes) is 2. The quantitative estimate of drug-likeness (QED) is 0.495. The smallest absolute Gasteiger partial charge is 0.0130 e. The lowest BCUT2D eigenvalue weighted by Crippen LogP contribution is -2.22. The zero-order valence-electron chi connectivity index (χ0n) is 9.73. The molecule has 0 N–H and O–H groups in total. The van der Waals surface area contributed by atoms with Crippen molar-refractivity contribution in [2.45, 2.75) is 82.3 Å². The van der Waals surface area contributed by atoms with Gasteiger partial charge in [0, 0.05) is 4.75 Å². The molecule has 0 saturated heterocycles. The van der Waals surface area contributed by atoms with Gasteiger partial charge < -0.3 is 0 Å². The first-order valence-corrected chi connectivity index (χ1v) is 6.94. The Hall–Kier alpha value is 0.350. The molecule has 0 aromatic rings. The van der Waals surface area contributed by atoms with Crippen LogP contribution in [0.25, 0.3) is 0 Å². The van der Waals surface area contributed by atoms with Crippen molar-refractivity contribution in [3.63, 3.8) is 0 Å². The molecule has 0 atom stereocenters. The minimum absolute atomic E-state index is 0.398. The minimum atomic E-state index is 0.398. The van der Waals surface area contributed by atoms with E-state index < -0.39 is 0 Å². The number of hydrogen-bond acceptors (Lipinski definition) is 1. The highest BCUT2D eigenvalue weighted by Gasteiger charge is 2.24. The molecular weight excluding hydrogens is 188 g/mol. The summed E-state index contributed by atoms with van der Waals surface area (Å²) >= 11 is 4.94. The van der Waals surface area contributed by atoms with Crippen LogP contribution in [0, 0.1) is 0 Å². The fourth-order valence-corrected chi connectivity index (χ4v) is 2.99. The molecule has 1 fully saturated rings. The second-order valence-electron chi connectivity index (χ2n) is 4.95. The first-order chi connectivity index (χ1) is 6.77. The van der Waals surface area contributed by atoms with Crippen LogP contribution in [-0.2, 0) is 0 Å². The maximum atomic E-state index is 4.94. The highest BCUT2D eigenvalue weighted by molar-refractivity contribution is 7.81. The summed E-state index contributed by atoms with van der Waals surface area (Å²) in [6.07, 6.45) is 15.4. The molecule has 1 aliphatic carbocycles. The van der Waals surface area contributed by atoms with Crippen molar-refractivity contribution in [2.24, 2.45) is 0 Å². The summed E-state index contributed by atoms with van der Waals surface area (Å²) in [4.78, 5) is 0. The van der Waals surface area contributed by atoms with Crippen molar-refractivity contribution in [3.05, 3.63) is 0 Å². The van der Waals surface area contributed by atoms with Crippen LogP contribution in [0.1, 0.15) is 77.6 Å². The fourth-order valence-electron chi connectivity index (χ4n) is 2.52. The molecule has 0 aromatic carbocycles. The second kappa shape index (κ2) is 6.76. The van der Waals surface area contributed by atoms with Gasteiger partial charge in [0.15, 0.2) is 0 Å². The number of thiol groups is 1. The van der Waals surface area contributed by atoms with Gasteiger partial charge >= 0.3 is 0 Å². The van der Waals surface area contributed by atoms with Crippen LogP contribution < -0.4 is 0 Å². The molecule has 0 amide bonds. The number of rotatable bonds is 4. The third-order valence-electron chi connectivity index (χ3n) is 3.53. The van der Waals surface area contributed by atoms with E-state index in [1.807, 2.05) is 0 Å². The van der Waals surface area contributed by atoms with Gasteiger partial charge in [0.1, 0.15) is 0 Å². The average molecular weight is 214 g/mol. The van der Waals surface area contributed by atoms with Crippen molar-refractivity contribution in [1.29, 1.82) is 0 Å². The summed E-state index contributed by atoms with van der Waals surface area (Å²) in [6, 6.07) is 0. The van der Waals surface area contributed by atoms with Crippen LogP contribution in [-0.4, -0.2) is 4.75 Å². The van der Waals surface area contributed by atoms with Crippen LogP contribution in [0.3, 0.4) is 0 Å². The molecule has 1 saturated carbocycles. The van der Waals surface area contributed by atoms with Gasteiger partial charge in [-0.25, -0.2) is 0 Å². The third kappa shape index (κ3) is 4.72. The van der Waals surface area contributed by atoms with E-state index in [0.717, 1.165) is 0 Å². The van der Waals surface area contributed by atoms with E-state index in [1.165, 1.54) is 70.6 Å². The van der Waals surface area contributed by atoms with Gasteiger partial charge in [0.25, 0.3) is 0 Å². The predicted molar refractivity (Wildman–Crippen MR) is 68.2 cm³/mol. The Morgan fingerprint density at radius 3 is 2.07 bits per heavy atom. The Morgan fingerprint density at radius 1 is 0.929 bits per heavy atom. The van der Waals surface area contributed by atoms with Gasteiger partial charge in [0.2, 0.25) is 0 Å². The summed E-state index contributed by atoms with van der Waals surface area (Å²) in [5.74, 6) is 0. The van der Waals surface area contributed by atoms with E-state index in [4.69, 9.17) is 12.6 Å². The number of hydrogen-bond donors (Lipinski definition) is 1. The molecular formula is C13H26S. The Morgan fingerprint density at radius 2 is 1.50 bits per heavy atom. The lowest BCUT2D eigenvalue weighted by Gasteiger charge is -2.30. The summed E-state index contributed by atoms with van der Waals surface area (Å²) in [7, 11) is 0. The van der Waals surface area contributed by atoms with E-state index in [9.17, 15) is 0 Å². The monoisotopic (exact) mass is 214 g/mol. The molecule has 1 rings (SSSR count). The molecule has 1 aliphatic rings. The van der Waals surface area contributed by atoms with Crippen LogP contribution in [0.15, 0.2) is 0 Å². The molecule has 84 valence electrons.